The molecule has 4 nitrogen and oxygen atoms in total. The molecular formula is C9H12N2O2S. The summed E-state index contributed by atoms with van der Waals surface area (Å²) >= 11 is 1.51. The molecule has 2 N–H and O–H groups in total. The van der Waals surface area contributed by atoms with Crippen molar-refractivity contribution in [1.29, 1.82) is 0 Å². The van der Waals surface area contributed by atoms with Gasteiger partial charge in [0.05, 0.1) is 5.51 Å². The Morgan fingerprint density at radius 1 is 1.79 bits per heavy atom. The van der Waals surface area contributed by atoms with E-state index >= 15 is 0 Å². The molecule has 1 aliphatic rings. The molecule has 1 aromatic heterocycles. The third-order valence-corrected chi connectivity index (χ3v) is 3.39. The van der Waals surface area contributed by atoms with Gasteiger partial charge in [-0.15, -0.1) is 11.3 Å². The van der Waals surface area contributed by atoms with Crippen LogP contribution >= 0.6 is 11.3 Å². The van der Waals surface area contributed by atoms with Gasteiger partial charge >= 0.3 is 5.97 Å². The fraction of sp³-hybridized carbons (Fsp3) is 0.556. The van der Waals surface area contributed by atoms with E-state index in [2.05, 4.69) is 10.3 Å². The lowest BCUT2D eigenvalue weighted by Gasteiger charge is -2.23. The van der Waals surface area contributed by atoms with Gasteiger partial charge in [-0.3, -0.25) is 9.78 Å². The molecule has 1 aromatic rings. The number of nitrogens with zero attached hydrogens (tertiary/aromatic N) is 1. The minimum absolute atomic E-state index is 0.549. The van der Waals surface area contributed by atoms with Crippen LogP contribution in [0.15, 0.2) is 11.7 Å². The second-order valence-electron chi connectivity index (χ2n) is 3.56. The molecular weight excluding hydrogens is 200 g/mol. The van der Waals surface area contributed by atoms with Gasteiger partial charge in [0, 0.05) is 17.5 Å². The van der Waals surface area contributed by atoms with Gasteiger partial charge in [-0.05, 0) is 19.4 Å². The van der Waals surface area contributed by atoms with E-state index in [4.69, 9.17) is 0 Å². The molecule has 0 spiro atoms. The molecule has 0 bridgehead atoms. The molecule has 5 heteroatoms. The number of rotatable bonds is 3. The first-order valence-electron chi connectivity index (χ1n) is 4.59. The number of carboxylic acids is 1. The van der Waals surface area contributed by atoms with Gasteiger partial charge in [-0.2, -0.15) is 0 Å². The smallest absolute Gasteiger partial charge is 0.324 e. The summed E-state index contributed by atoms with van der Waals surface area (Å²) in [7, 11) is 0. The summed E-state index contributed by atoms with van der Waals surface area (Å²) in [6.45, 7) is 0.797. The molecule has 1 atom stereocenters. The SMILES string of the molecule is O=C(O)C1(Cc2cncs2)CCCN1. The molecule has 2 rings (SSSR count). The Bertz CT molecular complexity index is 318. The van der Waals surface area contributed by atoms with Crippen LogP contribution in [0.5, 0.6) is 0 Å². The molecule has 1 saturated heterocycles. The van der Waals surface area contributed by atoms with E-state index in [1.54, 1.807) is 11.7 Å². The average molecular weight is 212 g/mol. The van der Waals surface area contributed by atoms with Crippen molar-refractivity contribution in [2.45, 2.75) is 24.8 Å². The molecule has 2 heterocycles. The van der Waals surface area contributed by atoms with Crippen molar-refractivity contribution in [3.05, 3.63) is 16.6 Å². The fourth-order valence-corrected chi connectivity index (χ4v) is 2.55. The van der Waals surface area contributed by atoms with Gasteiger partial charge in [0.25, 0.3) is 0 Å². The Balaban J connectivity index is 2.16. The number of hydrogen-bond donors (Lipinski definition) is 2. The standard InChI is InChI=1S/C9H12N2O2S/c12-8(13)9(2-1-3-11-9)4-7-5-10-6-14-7/h5-6,11H,1-4H2,(H,12,13). The Kier molecular flexibility index (Phi) is 2.52. The highest BCUT2D eigenvalue weighted by Crippen LogP contribution is 2.25. The van der Waals surface area contributed by atoms with Crippen molar-refractivity contribution in [3.8, 4) is 0 Å². The van der Waals surface area contributed by atoms with Crippen molar-refractivity contribution in [3.63, 3.8) is 0 Å². The number of carboxylic acid groups (broad SMARTS) is 1. The van der Waals surface area contributed by atoms with Crippen LogP contribution in [0.3, 0.4) is 0 Å². The highest BCUT2D eigenvalue weighted by Gasteiger charge is 2.41. The van der Waals surface area contributed by atoms with E-state index in [0.29, 0.717) is 12.8 Å². The molecule has 1 unspecified atom stereocenters. The van der Waals surface area contributed by atoms with Crippen LogP contribution < -0.4 is 5.32 Å². The van der Waals surface area contributed by atoms with Crippen molar-refractivity contribution in [2.75, 3.05) is 6.54 Å². The van der Waals surface area contributed by atoms with Crippen molar-refractivity contribution in [1.82, 2.24) is 10.3 Å². The number of aliphatic carboxylic acids is 1. The molecule has 0 radical (unpaired) electrons. The van der Waals surface area contributed by atoms with Crippen molar-refractivity contribution in [2.24, 2.45) is 0 Å². The molecule has 0 saturated carbocycles. The number of aromatic nitrogens is 1. The zero-order valence-corrected chi connectivity index (χ0v) is 8.51. The Labute approximate surface area is 86.0 Å². The first kappa shape index (κ1) is 9.61. The van der Waals surface area contributed by atoms with Crippen molar-refractivity contribution >= 4 is 17.3 Å². The zero-order valence-electron chi connectivity index (χ0n) is 7.69. The Hall–Kier alpha value is -0.940. The van der Waals surface area contributed by atoms with E-state index in [0.717, 1.165) is 17.8 Å². The van der Waals surface area contributed by atoms with Crippen LogP contribution in [0.4, 0.5) is 0 Å². The first-order valence-corrected chi connectivity index (χ1v) is 5.47. The maximum atomic E-state index is 11.2. The van der Waals surface area contributed by atoms with Gasteiger partial charge < -0.3 is 10.4 Å². The molecule has 1 fully saturated rings. The molecule has 14 heavy (non-hydrogen) atoms. The monoisotopic (exact) mass is 212 g/mol. The zero-order chi connectivity index (χ0) is 10.0. The maximum absolute atomic E-state index is 11.2. The molecule has 0 aliphatic carbocycles. The summed E-state index contributed by atoms with van der Waals surface area (Å²) in [5.41, 5.74) is 0.992. The van der Waals surface area contributed by atoms with Crippen LogP contribution in [-0.2, 0) is 11.2 Å². The number of hydrogen-bond acceptors (Lipinski definition) is 4. The van der Waals surface area contributed by atoms with E-state index in [-0.39, 0.29) is 0 Å². The highest BCUT2D eigenvalue weighted by atomic mass is 32.1. The van der Waals surface area contributed by atoms with E-state index in [1.807, 2.05) is 0 Å². The van der Waals surface area contributed by atoms with Gasteiger partial charge in [0.15, 0.2) is 0 Å². The lowest BCUT2D eigenvalue weighted by atomic mass is 9.93. The van der Waals surface area contributed by atoms with Crippen LogP contribution in [0, 0.1) is 0 Å². The first-order chi connectivity index (χ1) is 6.73. The minimum Gasteiger partial charge on any atom is -0.480 e. The van der Waals surface area contributed by atoms with Crippen LogP contribution in [0.1, 0.15) is 17.7 Å². The lowest BCUT2D eigenvalue weighted by molar-refractivity contribution is -0.144. The predicted octanol–water partition coefficient (Wildman–Crippen LogP) is 0.892. The third-order valence-electron chi connectivity index (χ3n) is 2.61. The number of nitrogens with one attached hydrogen (secondary N) is 1. The van der Waals surface area contributed by atoms with Gasteiger partial charge in [0.2, 0.25) is 0 Å². The topological polar surface area (TPSA) is 62.2 Å². The molecule has 1 aliphatic heterocycles. The van der Waals surface area contributed by atoms with Crippen LogP contribution in [0.25, 0.3) is 0 Å². The van der Waals surface area contributed by atoms with Gasteiger partial charge in [-0.1, -0.05) is 0 Å². The number of thiazole rings is 1. The maximum Gasteiger partial charge on any atom is 0.324 e. The number of carbonyl (C=O) groups is 1. The fourth-order valence-electron chi connectivity index (χ4n) is 1.84. The Morgan fingerprint density at radius 2 is 2.64 bits per heavy atom. The lowest BCUT2D eigenvalue weighted by Crippen LogP contribution is -2.49. The highest BCUT2D eigenvalue weighted by molar-refractivity contribution is 7.09. The summed E-state index contributed by atoms with van der Waals surface area (Å²) in [4.78, 5) is 16.2. The van der Waals surface area contributed by atoms with Crippen molar-refractivity contribution < 1.29 is 9.90 Å². The van der Waals surface area contributed by atoms with Crippen LogP contribution in [0.2, 0.25) is 0 Å². The molecule has 76 valence electrons. The molecule has 0 amide bonds. The van der Waals surface area contributed by atoms with Gasteiger partial charge in [0.1, 0.15) is 5.54 Å². The largest absolute Gasteiger partial charge is 0.480 e. The predicted molar refractivity (Wildman–Crippen MR) is 53.4 cm³/mol. The molecule has 0 aromatic carbocycles. The average Bonchev–Trinajstić information content (AvgIpc) is 2.76. The van der Waals surface area contributed by atoms with Crippen LogP contribution in [-0.4, -0.2) is 28.1 Å². The summed E-state index contributed by atoms with van der Waals surface area (Å²) in [6, 6.07) is 0. The second-order valence-corrected chi connectivity index (χ2v) is 4.53. The minimum atomic E-state index is -0.747. The quantitative estimate of drug-likeness (QED) is 0.781. The second kappa shape index (κ2) is 3.67. The summed E-state index contributed by atoms with van der Waals surface area (Å²) in [5, 5.41) is 12.3. The van der Waals surface area contributed by atoms with Gasteiger partial charge in [-0.25, -0.2) is 0 Å². The summed E-state index contributed by atoms with van der Waals surface area (Å²) in [6.07, 6.45) is 3.94. The summed E-state index contributed by atoms with van der Waals surface area (Å²) in [5.74, 6) is -0.747. The van der Waals surface area contributed by atoms with E-state index in [1.165, 1.54) is 11.3 Å². The summed E-state index contributed by atoms with van der Waals surface area (Å²) < 4.78 is 0. The normalized spacial score (nSPS) is 26.6. The Morgan fingerprint density at radius 3 is 3.14 bits per heavy atom. The van der Waals surface area contributed by atoms with E-state index < -0.39 is 11.5 Å². The third kappa shape index (κ3) is 1.65. The van der Waals surface area contributed by atoms with E-state index in [9.17, 15) is 9.90 Å².